The van der Waals surface area contributed by atoms with E-state index in [1.165, 1.54) is 6.42 Å². The summed E-state index contributed by atoms with van der Waals surface area (Å²) in [6.07, 6.45) is 3.82. The van der Waals surface area contributed by atoms with Crippen molar-refractivity contribution in [1.82, 2.24) is 9.80 Å². The molecule has 2 aliphatic heterocycles. The second kappa shape index (κ2) is 10.3. The van der Waals surface area contributed by atoms with Gasteiger partial charge in [-0.3, -0.25) is 9.69 Å². The summed E-state index contributed by atoms with van der Waals surface area (Å²) in [4.78, 5) is 16.8. The first-order chi connectivity index (χ1) is 13.7. The number of carbonyl (C=O) groups is 1. The molecule has 1 aromatic carbocycles. The third-order valence-electron chi connectivity index (χ3n) is 5.30. The molecule has 0 saturated carbocycles. The van der Waals surface area contributed by atoms with Gasteiger partial charge in [0, 0.05) is 51.8 Å². The smallest absolute Gasteiger partial charge is 0.222 e. The molecule has 0 aromatic heterocycles. The number of piperazine rings is 1. The Balaban J connectivity index is 1.34. The molecule has 1 amide bonds. The lowest BCUT2D eigenvalue weighted by Crippen LogP contribution is -2.50. The van der Waals surface area contributed by atoms with E-state index in [1.807, 2.05) is 4.90 Å². The van der Waals surface area contributed by atoms with Crippen LogP contribution in [-0.2, 0) is 9.53 Å². The molecule has 1 atom stereocenters. The Kier molecular flexibility index (Phi) is 7.52. The van der Waals surface area contributed by atoms with E-state index in [0.717, 1.165) is 45.8 Å². The van der Waals surface area contributed by atoms with Gasteiger partial charge in [-0.15, -0.1) is 0 Å². The summed E-state index contributed by atoms with van der Waals surface area (Å²) >= 11 is 0. The molecule has 2 aliphatic rings. The van der Waals surface area contributed by atoms with Gasteiger partial charge in [0.15, 0.2) is 11.5 Å². The molecular weight excluding hydrogens is 358 g/mol. The summed E-state index contributed by atoms with van der Waals surface area (Å²) in [5.74, 6) is 1.32. The summed E-state index contributed by atoms with van der Waals surface area (Å²) in [5, 5.41) is 8.94. The Bertz CT molecular complexity index is 689. The summed E-state index contributed by atoms with van der Waals surface area (Å²) in [5.41, 5.74) is 0.526. The number of nitriles is 1. The molecule has 28 heavy (non-hydrogen) atoms. The molecule has 0 radical (unpaired) electrons. The molecule has 1 aromatic rings. The second-order valence-corrected chi connectivity index (χ2v) is 7.25. The van der Waals surface area contributed by atoms with E-state index in [2.05, 4.69) is 11.0 Å². The van der Waals surface area contributed by atoms with Gasteiger partial charge in [-0.05, 0) is 31.4 Å². The number of nitrogens with zero attached hydrogens (tertiary/aromatic N) is 3. The van der Waals surface area contributed by atoms with Gasteiger partial charge in [-0.1, -0.05) is 0 Å². The predicted molar refractivity (Wildman–Crippen MR) is 104 cm³/mol. The summed E-state index contributed by atoms with van der Waals surface area (Å²) in [7, 11) is 1.55. The highest BCUT2D eigenvalue weighted by Crippen LogP contribution is 2.28. The Morgan fingerprint density at radius 1 is 1.29 bits per heavy atom. The van der Waals surface area contributed by atoms with Gasteiger partial charge in [-0.2, -0.15) is 5.26 Å². The third kappa shape index (κ3) is 5.60. The molecule has 0 spiro atoms. The maximum absolute atomic E-state index is 12.4. The molecule has 0 bridgehead atoms. The lowest BCUT2D eigenvalue weighted by Gasteiger charge is -2.35. The minimum absolute atomic E-state index is 0.187. The standard InChI is InChI=1S/C21H29N3O4/c1-26-20-14-17(15-22)6-7-19(20)28-13-3-5-21(25)24-10-8-23(9-11-24)16-18-4-2-12-27-18/h6-7,14,18H,2-5,8-13,16H2,1H3. The molecule has 7 heteroatoms. The molecule has 3 rings (SSSR count). The molecular formula is C21H29N3O4. The van der Waals surface area contributed by atoms with Gasteiger partial charge in [0.2, 0.25) is 5.91 Å². The lowest BCUT2D eigenvalue weighted by molar-refractivity contribution is -0.133. The molecule has 0 N–H and O–H groups in total. The number of ether oxygens (including phenoxy) is 3. The van der Waals surface area contributed by atoms with Crippen LogP contribution in [0.2, 0.25) is 0 Å². The summed E-state index contributed by atoms with van der Waals surface area (Å²) < 4.78 is 16.7. The topological polar surface area (TPSA) is 75.0 Å². The zero-order valence-electron chi connectivity index (χ0n) is 16.6. The van der Waals surface area contributed by atoms with Crippen LogP contribution in [0.3, 0.4) is 0 Å². The summed E-state index contributed by atoms with van der Waals surface area (Å²) in [6.45, 7) is 5.73. The van der Waals surface area contributed by atoms with Crippen molar-refractivity contribution in [3.63, 3.8) is 0 Å². The van der Waals surface area contributed by atoms with Crippen LogP contribution < -0.4 is 9.47 Å². The van der Waals surface area contributed by atoms with Crippen LogP contribution in [0.1, 0.15) is 31.2 Å². The van der Waals surface area contributed by atoms with E-state index in [9.17, 15) is 4.79 Å². The van der Waals surface area contributed by atoms with Crippen molar-refractivity contribution >= 4 is 5.91 Å². The fraction of sp³-hybridized carbons (Fsp3) is 0.619. The predicted octanol–water partition coefficient (Wildman–Crippen LogP) is 2.05. The molecule has 0 aliphatic carbocycles. The largest absolute Gasteiger partial charge is 0.493 e. The van der Waals surface area contributed by atoms with Crippen LogP contribution >= 0.6 is 0 Å². The van der Waals surface area contributed by atoms with E-state index in [4.69, 9.17) is 19.5 Å². The number of methoxy groups -OCH3 is 1. The Hall–Kier alpha value is -2.30. The van der Waals surface area contributed by atoms with Gasteiger partial charge < -0.3 is 19.1 Å². The zero-order valence-corrected chi connectivity index (χ0v) is 16.6. The maximum atomic E-state index is 12.4. The number of amides is 1. The second-order valence-electron chi connectivity index (χ2n) is 7.25. The van der Waals surface area contributed by atoms with Crippen LogP contribution in [0, 0.1) is 11.3 Å². The zero-order chi connectivity index (χ0) is 19.8. The third-order valence-corrected chi connectivity index (χ3v) is 5.30. The first kappa shape index (κ1) is 20.4. The molecule has 2 heterocycles. The van der Waals surface area contributed by atoms with Crippen molar-refractivity contribution in [2.75, 3.05) is 53.0 Å². The Labute approximate surface area is 166 Å². The van der Waals surface area contributed by atoms with Crippen molar-refractivity contribution in [2.24, 2.45) is 0 Å². The van der Waals surface area contributed by atoms with Crippen LogP contribution in [0.25, 0.3) is 0 Å². The van der Waals surface area contributed by atoms with Crippen molar-refractivity contribution in [2.45, 2.75) is 31.8 Å². The van der Waals surface area contributed by atoms with E-state index in [1.54, 1.807) is 25.3 Å². The average Bonchev–Trinajstić information content (AvgIpc) is 3.24. The number of rotatable bonds is 8. The first-order valence-corrected chi connectivity index (χ1v) is 10.0. The van der Waals surface area contributed by atoms with Crippen molar-refractivity contribution in [1.29, 1.82) is 5.26 Å². The first-order valence-electron chi connectivity index (χ1n) is 10.0. The monoisotopic (exact) mass is 387 g/mol. The fourth-order valence-corrected chi connectivity index (χ4v) is 3.68. The number of hydrogen-bond acceptors (Lipinski definition) is 6. The van der Waals surface area contributed by atoms with E-state index in [-0.39, 0.29) is 5.91 Å². The average molecular weight is 387 g/mol. The van der Waals surface area contributed by atoms with Crippen LogP contribution in [0.15, 0.2) is 18.2 Å². The highest BCUT2D eigenvalue weighted by atomic mass is 16.5. The van der Waals surface area contributed by atoms with Crippen molar-refractivity contribution in [3.8, 4) is 17.6 Å². The van der Waals surface area contributed by atoms with Crippen LogP contribution in [0.4, 0.5) is 0 Å². The number of hydrogen-bond donors (Lipinski definition) is 0. The number of benzene rings is 1. The molecule has 1 unspecified atom stereocenters. The van der Waals surface area contributed by atoms with Crippen molar-refractivity contribution < 1.29 is 19.0 Å². The SMILES string of the molecule is COc1cc(C#N)ccc1OCCCC(=O)N1CCN(CC2CCCO2)CC1. The maximum Gasteiger partial charge on any atom is 0.222 e. The molecule has 7 nitrogen and oxygen atoms in total. The molecule has 2 saturated heterocycles. The van der Waals surface area contributed by atoms with E-state index < -0.39 is 0 Å². The quantitative estimate of drug-likeness (QED) is 0.636. The van der Waals surface area contributed by atoms with Crippen LogP contribution in [0.5, 0.6) is 11.5 Å². The van der Waals surface area contributed by atoms with Gasteiger partial charge in [0.05, 0.1) is 31.5 Å². The Morgan fingerprint density at radius 3 is 2.79 bits per heavy atom. The molecule has 2 fully saturated rings. The highest BCUT2D eigenvalue weighted by Gasteiger charge is 2.24. The van der Waals surface area contributed by atoms with Gasteiger partial charge in [0.25, 0.3) is 0 Å². The normalized spacial score (nSPS) is 20.0. The highest BCUT2D eigenvalue weighted by molar-refractivity contribution is 5.76. The fourth-order valence-electron chi connectivity index (χ4n) is 3.68. The summed E-state index contributed by atoms with van der Waals surface area (Å²) in [6, 6.07) is 7.15. The minimum atomic E-state index is 0.187. The molecule has 152 valence electrons. The van der Waals surface area contributed by atoms with E-state index >= 15 is 0 Å². The van der Waals surface area contributed by atoms with E-state index in [0.29, 0.717) is 42.6 Å². The van der Waals surface area contributed by atoms with Crippen LogP contribution in [-0.4, -0.2) is 74.9 Å². The number of carbonyl (C=O) groups excluding carboxylic acids is 1. The Morgan fingerprint density at radius 2 is 2.11 bits per heavy atom. The van der Waals surface area contributed by atoms with Crippen molar-refractivity contribution in [3.05, 3.63) is 23.8 Å². The minimum Gasteiger partial charge on any atom is -0.493 e. The van der Waals surface area contributed by atoms with Gasteiger partial charge >= 0.3 is 0 Å². The van der Waals surface area contributed by atoms with Gasteiger partial charge in [0.1, 0.15) is 0 Å². The van der Waals surface area contributed by atoms with Gasteiger partial charge in [-0.25, -0.2) is 0 Å². The lowest BCUT2D eigenvalue weighted by atomic mass is 10.2.